The quantitative estimate of drug-likeness (QED) is 0.201. The van der Waals surface area contributed by atoms with Gasteiger partial charge in [-0.25, -0.2) is 19.3 Å². The predicted octanol–water partition coefficient (Wildman–Crippen LogP) is -1.41. The van der Waals surface area contributed by atoms with Crippen LogP contribution in [0.15, 0.2) is 43.0 Å². The molecular formula is C16H18N6O12P3-3. The number of nitrogens with two attached hydrogens (primary N) is 1. The fraction of sp³-hybridized carbons (Fsp3) is 0.312. The van der Waals surface area contributed by atoms with Crippen molar-refractivity contribution in [1.29, 1.82) is 0 Å². The van der Waals surface area contributed by atoms with Crippen LogP contribution in [0.1, 0.15) is 6.23 Å². The number of nitrogens with zero attached hydrogens (tertiary/aromatic N) is 4. The van der Waals surface area contributed by atoms with E-state index >= 15 is 0 Å². The molecule has 3 aromatic rings. The molecule has 0 saturated carbocycles. The number of aliphatic hydroxyl groups excluding tert-OH is 2. The van der Waals surface area contributed by atoms with Crippen LogP contribution in [0.3, 0.4) is 0 Å². The molecule has 0 bridgehead atoms. The number of imidazole rings is 1. The molecule has 18 nitrogen and oxygen atoms in total. The number of nitrogens with one attached hydrogen (secondary N) is 1. The summed E-state index contributed by atoms with van der Waals surface area (Å²) >= 11 is 0. The van der Waals surface area contributed by atoms with Crippen molar-refractivity contribution in [2.45, 2.75) is 24.5 Å². The molecule has 4 unspecified atom stereocenters. The van der Waals surface area contributed by atoms with Crippen LogP contribution in [0.4, 0.5) is 11.5 Å². The van der Waals surface area contributed by atoms with Crippen molar-refractivity contribution in [2.24, 2.45) is 0 Å². The first-order chi connectivity index (χ1) is 17.3. The number of anilines is 2. The SMILES string of the molecule is Nc1ncnc2c1ncn2[C@@H]1O[C@H](COP(=O)([O-])OP(=O)([O-])OP(=O)([O-])Nc2ccccc2)C(O)[C@@H]1O. The second-order valence-electron chi connectivity index (χ2n) is 7.46. The fourth-order valence-electron chi connectivity index (χ4n) is 3.30. The molecule has 37 heavy (non-hydrogen) atoms. The molecule has 2 aromatic heterocycles. The highest BCUT2D eigenvalue weighted by molar-refractivity contribution is 7.67. The van der Waals surface area contributed by atoms with E-state index in [4.69, 9.17) is 10.5 Å². The highest BCUT2D eigenvalue weighted by atomic mass is 31.3. The maximum absolute atomic E-state index is 12.0. The lowest BCUT2D eigenvalue weighted by Crippen LogP contribution is -2.34. The van der Waals surface area contributed by atoms with Crippen molar-refractivity contribution in [3.05, 3.63) is 43.0 Å². The largest absolute Gasteiger partial charge is 0.761 e. The zero-order valence-corrected chi connectivity index (χ0v) is 20.9. The topological polar surface area (TPSA) is 279 Å². The second kappa shape index (κ2) is 10.5. The summed E-state index contributed by atoms with van der Waals surface area (Å²) in [5.74, 6) is 0.0342. The number of phosphoric ester groups is 1. The molecule has 1 aromatic carbocycles. The Labute approximate surface area is 207 Å². The van der Waals surface area contributed by atoms with Crippen molar-refractivity contribution in [3.8, 4) is 0 Å². The molecule has 3 heterocycles. The third kappa shape index (κ3) is 6.59. The second-order valence-corrected chi connectivity index (χ2v) is 12.0. The Morgan fingerprint density at radius 1 is 1.03 bits per heavy atom. The molecule has 1 fully saturated rings. The zero-order chi connectivity index (χ0) is 27.0. The molecule has 0 spiro atoms. The summed E-state index contributed by atoms with van der Waals surface area (Å²) in [6.45, 7) is -1.03. The molecule has 202 valence electrons. The number of para-hydroxylation sites is 1. The lowest BCUT2D eigenvalue weighted by Gasteiger charge is -2.35. The third-order valence-electron chi connectivity index (χ3n) is 4.84. The van der Waals surface area contributed by atoms with Gasteiger partial charge in [0.2, 0.25) is 7.75 Å². The van der Waals surface area contributed by atoms with Crippen LogP contribution in [-0.4, -0.2) is 54.7 Å². The highest BCUT2D eigenvalue weighted by Gasteiger charge is 2.45. The predicted molar refractivity (Wildman–Crippen MR) is 117 cm³/mol. The van der Waals surface area contributed by atoms with Gasteiger partial charge in [0.25, 0.3) is 15.6 Å². The number of phosphoric acid groups is 2. The number of benzene rings is 1. The van der Waals surface area contributed by atoms with Gasteiger partial charge in [0, 0.05) is 5.69 Å². The first kappa shape index (κ1) is 27.7. The number of fused-ring (bicyclic) bond motifs is 1. The van der Waals surface area contributed by atoms with Gasteiger partial charge in [0.05, 0.1) is 12.9 Å². The Bertz CT molecular complexity index is 1410. The lowest BCUT2D eigenvalue weighted by molar-refractivity contribution is -0.245. The van der Waals surface area contributed by atoms with E-state index in [1.54, 1.807) is 11.2 Å². The maximum Gasteiger partial charge on any atom is 0.280 e. The summed E-state index contributed by atoms with van der Waals surface area (Å²) in [6, 6.07) is 6.98. The van der Waals surface area contributed by atoms with Crippen molar-refractivity contribution in [3.63, 3.8) is 0 Å². The van der Waals surface area contributed by atoms with E-state index in [9.17, 15) is 38.6 Å². The molecule has 0 aliphatic carbocycles. The van der Waals surface area contributed by atoms with Gasteiger partial charge in [-0.3, -0.25) is 22.6 Å². The Kier molecular flexibility index (Phi) is 7.84. The van der Waals surface area contributed by atoms with Gasteiger partial charge in [-0.2, -0.15) is 0 Å². The van der Waals surface area contributed by atoms with Crippen LogP contribution in [0.2, 0.25) is 0 Å². The summed E-state index contributed by atoms with van der Waals surface area (Å²) in [4.78, 5) is 47.6. The molecule has 1 aliphatic heterocycles. The number of ether oxygens (including phenoxy) is 1. The average molecular weight is 579 g/mol. The van der Waals surface area contributed by atoms with Gasteiger partial charge < -0.3 is 45.0 Å². The van der Waals surface area contributed by atoms with Crippen LogP contribution in [0.25, 0.3) is 11.2 Å². The number of aliphatic hydroxyl groups is 2. The highest BCUT2D eigenvalue weighted by Crippen LogP contribution is 2.62. The summed E-state index contributed by atoms with van der Waals surface area (Å²) < 4.78 is 54.6. The number of rotatable bonds is 10. The van der Waals surface area contributed by atoms with E-state index in [-0.39, 0.29) is 22.7 Å². The molecular weight excluding hydrogens is 561 g/mol. The monoisotopic (exact) mass is 579 g/mol. The van der Waals surface area contributed by atoms with Gasteiger partial charge in [-0.05, 0) is 12.1 Å². The molecule has 7 atom stereocenters. The molecule has 4 rings (SSSR count). The summed E-state index contributed by atoms with van der Waals surface area (Å²) in [5, 5.41) is 22.4. The maximum atomic E-state index is 12.0. The van der Waals surface area contributed by atoms with Crippen molar-refractivity contribution < 1.29 is 56.5 Å². The average Bonchev–Trinajstić information content (AvgIpc) is 3.33. The molecule has 21 heteroatoms. The molecule has 1 aliphatic rings. The molecule has 5 N–H and O–H groups in total. The minimum atomic E-state index is -6.02. The first-order valence-electron chi connectivity index (χ1n) is 10.1. The standard InChI is InChI=1S/C16H21N6O12P3/c17-14-11-15(19-7-18-14)22(8-20-11)16-13(24)12(23)10(32-16)6-31-36(27,28)34-37(29,30)33-35(25,26)21-9-4-2-1-3-5-9/h1-5,7-8,10,12-13,16,23-24H,6H2,(H,27,28)(H,29,30)(H2,17,18,19)(H2,21,25,26)/p-3/t10-,12?,13+,16-/m1/s1. The van der Waals surface area contributed by atoms with Crippen LogP contribution >= 0.6 is 23.4 Å². The van der Waals surface area contributed by atoms with Gasteiger partial charge in [0.15, 0.2) is 17.7 Å². The smallest absolute Gasteiger partial charge is 0.280 e. The molecule has 1 saturated heterocycles. The number of hydrogen-bond donors (Lipinski definition) is 4. The van der Waals surface area contributed by atoms with Crippen molar-refractivity contribution in [2.75, 3.05) is 17.4 Å². The number of nitrogen functional groups attached to an aromatic ring is 1. The van der Waals surface area contributed by atoms with Crippen LogP contribution in [-0.2, 0) is 31.6 Å². The normalized spacial score (nSPS) is 26.8. The third-order valence-corrected chi connectivity index (χ3v) is 9.10. The minimum absolute atomic E-state index is 0.0342. The molecule has 0 amide bonds. The van der Waals surface area contributed by atoms with Crippen LogP contribution in [0, 0.1) is 0 Å². The Balaban J connectivity index is 1.38. The van der Waals surface area contributed by atoms with Crippen molar-refractivity contribution in [1.82, 2.24) is 19.5 Å². The fourth-order valence-corrected chi connectivity index (χ4v) is 6.87. The summed E-state index contributed by atoms with van der Waals surface area (Å²) in [5.41, 5.74) is 5.95. The number of aromatic nitrogens is 4. The summed E-state index contributed by atoms with van der Waals surface area (Å²) in [7, 11) is -17.2. The first-order valence-corrected chi connectivity index (χ1v) is 14.5. The van der Waals surface area contributed by atoms with Crippen molar-refractivity contribution >= 4 is 46.1 Å². The Hall–Kier alpha value is -2.30. The van der Waals surface area contributed by atoms with Gasteiger partial charge in [-0.15, -0.1) is 0 Å². The Morgan fingerprint density at radius 3 is 2.43 bits per heavy atom. The zero-order valence-electron chi connectivity index (χ0n) is 18.2. The van der Waals surface area contributed by atoms with E-state index in [0.717, 1.165) is 6.33 Å². The van der Waals surface area contributed by atoms with Gasteiger partial charge in [-0.1, -0.05) is 18.2 Å². The van der Waals surface area contributed by atoms with Gasteiger partial charge >= 0.3 is 0 Å². The van der Waals surface area contributed by atoms with E-state index in [1.807, 2.05) is 0 Å². The van der Waals surface area contributed by atoms with E-state index in [2.05, 4.69) is 28.1 Å². The molecule has 0 radical (unpaired) electrons. The van der Waals surface area contributed by atoms with E-state index in [1.165, 1.54) is 35.2 Å². The Morgan fingerprint density at radius 2 is 1.73 bits per heavy atom. The summed E-state index contributed by atoms with van der Waals surface area (Å²) in [6.07, 6.45) is -3.86. The van der Waals surface area contributed by atoms with Crippen LogP contribution < -0.4 is 25.5 Å². The van der Waals surface area contributed by atoms with E-state index in [0.29, 0.717) is 0 Å². The minimum Gasteiger partial charge on any atom is -0.761 e. The number of hydrogen-bond acceptors (Lipinski definition) is 16. The van der Waals surface area contributed by atoms with Gasteiger partial charge in [0.1, 0.15) is 30.2 Å². The lowest BCUT2D eigenvalue weighted by atomic mass is 10.1. The van der Waals surface area contributed by atoms with Crippen LogP contribution in [0.5, 0.6) is 0 Å². The van der Waals surface area contributed by atoms with E-state index < -0.39 is 54.5 Å².